The van der Waals surface area contributed by atoms with Crippen molar-refractivity contribution in [3.05, 3.63) is 65.2 Å². The van der Waals surface area contributed by atoms with Crippen molar-refractivity contribution in [1.29, 1.82) is 0 Å². The van der Waals surface area contributed by atoms with Crippen LogP contribution in [0.3, 0.4) is 0 Å². The molecule has 0 saturated heterocycles. The summed E-state index contributed by atoms with van der Waals surface area (Å²) in [6.07, 6.45) is 0.798. The Kier molecular flexibility index (Phi) is 8.85. The molecule has 0 heterocycles. The van der Waals surface area contributed by atoms with E-state index in [9.17, 15) is 4.79 Å². The minimum atomic E-state index is -0.0733. The van der Waals surface area contributed by atoms with E-state index >= 15 is 0 Å². The molecule has 28 heavy (non-hydrogen) atoms. The van der Waals surface area contributed by atoms with Gasteiger partial charge < -0.3 is 20.7 Å². The number of carbonyl (C=O) groups excluding carboxylic acids is 1. The standard InChI is InChI=1S/C22H30N4O2/c1-4-23-22(25-13-12-19-16-17(2)10-11-20(19)28-3)26-15-14-24-21(27)18-8-6-5-7-9-18/h5-11,16H,4,12-15H2,1-3H3,(H,24,27)(H2,23,25,26). The van der Waals surface area contributed by atoms with E-state index in [1.807, 2.05) is 37.3 Å². The van der Waals surface area contributed by atoms with Gasteiger partial charge in [-0.1, -0.05) is 35.9 Å². The Labute approximate surface area is 167 Å². The normalized spacial score (nSPS) is 11.0. The van der Waals surface area contributed by atoms with E-state index in [4.69, 9.17) is 4.74 Å². The number of aryl methyl sites for hydroxylation is 1. The van der Waals surface area contributed by atoms with Gasteiger partial charge in [0, 0.05) is 31.7 Å². The topological polar surface area (TPSA) is 74.8 Å². The third-order valence-corrected chi connectivity index (χ3v) is 4.17. The summed E-state index contributed by atoms with van der Waals surface area (Å²) >= 11 is 0. The number of methoxy groups -OCH3 is 1. The highest BCUT2D eigenvalue weighted by atomic mass is 16.5. The van der Waals surface area contributed by atoms with Crippen molar-refractivity contribution in [3.63, 3.8) is 0 Å². The molecule has 0 atom stereocenters. The number of hydrogen-bond acceptors (Lipinski definition) is 3. The molecule has 150 valence electrons. The van der Waals surface area contributed by atoms with Gasteiger partial charge in [0.2, 0.25) is 0 Å². The maximum absolute atomic E-state index is 12.0. The summed E-state index contributed by atoms with van der Waals surface area (Å²) in [7, 11) is 1.69. The molecule has 3 N–H and O–H groups in total. The molecule has 0 aliphatic rings. The third-order valence-electron chi connectivity index (χ3n) is 4.17. The molecular formula is C22H30N4O2. The van der Waals surface area contributed by atoms with E-state index in [-0.39, 0.29) is 5.91 Å². The van der Waals surface area contributed by atoms with Crippen LogP contribution in [0.1, 0.15) is 28.4 Å². The fourth-order valence-corrected chi connectivity index (χ4v) is 2.78. The van der Waals surface area contributed by atoms with Gasteiger partial charge in [0.05, 0.1) is 7.11 Å². The minimum Gasteiger partial charge on any atom is -0.496 e. The van der Waals surface area contributed by atoms with E-state index in [1.165, 1.54) is 5.56 Å². The lowest BCUT2D eigenvalue weighted by atomic mass is 10.1. The van der Waals surface area contributed by atoms with Crippen LogP contribution < -0.4 is 20.7 Å². The molecule has 0 bridgehead atoms. The van der Waals surface area contributed by atoms with Crippen molar-refractivity contribution in [1.82, 2.24) is 16.0 Å². The molecule has 0 aromatic heterocycles. The fraction of sp³-hybridized carbons (Fsp3) is 0.364. The van der Waals surface area contributed by atoms with Crippen molar-refractivity contribution in [2.45, 2.75) is 20.3 Å². The number of hydrogen-bond donors (Lipinski definition) is 3. The summed E-state index contributed by atoms with van der Waals surface area (Å²) in [5, 5.41) is 9.37. The number of aliphatic imine (C=N–C) groups is 1. The van der Waals surface area contributed by atoms with Crippen LogP contribution in [0.4, 0.5) is 0 Å². The second-order valence-corrected chi connectivity index (χ2v) is 6.37. The number of amides is 1. The van der Waals surface area contributed by atoms with Crippen LogP contribution in [-0.4, -0.2) is 45.2 Å². The molecule has 2 aromatic rings. The quantitative estimate of drug-likeness (QED) is 0.354. The van der Waals surface area contributed by atoms with E-state index in [2.05, 4.69) is 33.9 Å². The van der Waals surface area contributed by atoms with Crippen LogP contribution in [-0.2, 0) is 6.42 Å². The number of carbonyl (C=O) groups is 1. The first-order valence-electron chi connectivity index (χ1n) is 9.63. The van der Waals surface area contributed by atoms with E-state index < -0.39 is 0 Å². The maximum atomic E-state index is 12.0. The van der Waals surface area contributed by atoms with Crippen LogP contribution in [0.25, 0.3) is 0 Å². The van der Waals surface area contributed by atoms with Gasteiger partial charge in [-0.15, -0.1) is 0 Å². The summed E-state index contributed by atoms with van der Waals surface area (Å²) in [4.78, 5) is 16.7. The molecule has 0 saturated carbocycles. The van der Waals surface area contributed by atoms with Crippen LogP contribution in [0, 0.1) is 6.92 Å². The van der Waals surface area contributed by atoms with Crippen molar-refractivity contribution in [2.24, 2.45) is 4.99 Å². The van der Waals surface area contributed by atoms with Gasteiger partial charge in [0.1, 0.15) is 5.75 Å². The van der Waals surface area contributed by atoms with Crippen LogP contribution in [0.2, 0.25) is 0 Å². The van der Waals surface area contributed by atoms with Crippen molar-refractivity contribution >= 4 is 11.9 Å². The lowest BCUT2D eigenvalue weighted by Gasteiger charge is -2.12. The predicted octanol–water partition coefficient (Wildman–Crippen LogP) is 2.53. The summed E-state index contributed by atoms with van der Waals surface area (Å²) in [5.41, 5.74) is 3.02. The second-order valence-electron chi connectivity index (χ2n) is 6.37. The first kappa shape index (κ1) is 21.3. The van der Waals surface area contributed by atoms with Gasteiger partial charge in [0.15, 0.2) is 5.96 Å². The lowest BCUT2D eigenvalue weighted by molar-refractivity contribution is 0.0954. The predicted molar refractivity (Wildman–Crippen MR) is 114 cm³/mol. The van der Waals surface area contributed by atoms with Gasteiger partial charge in [-0.2, -0.15) is 0 Å². The van der Waals surface area contributed by atoms with Crippen molar-refractivity contribution in [2.75, 3.05) is 33.3 Å². The Hall–Kier alpha value is -3.02. The second kappa shape index (κ2) is 11.6. The molecule has 0 unspecified atom stereocenters. The molecule has 6 nitrogen and oxygen atoms in total. The summed E-state index contributed by atoms with van der Waals surface area (Å²) in [6.45, 7) is 6.63. The zero-order valence-electron chi connectivity index (χ0n) is 16.9. The number of guanidine groups is 1. The van der Waals surface area contributed by atoms with Gasteiger partial charge >= 0.3 is 0 Å². The number of nitrogens with one attached hydrogen (secondary N) is 3. The SMILES string of the molecule is CCNC(=NCCc1cc(C)ccc1OC)NCCNC(=O)c1ccccc1. The van der Waals surface area contributed by atoms with Crippen molar-refractivity contribution in [3.8, 4) is 5.75 Å². The third kappa shape index (κ3) is 6.95. The highest BCUT2D eigenvalue weighted by Crippen LogP contribution is 2.20. The van der Waals surface area contributed by atoms with Gasteiger partial charge in [-0.25, -0.2) is 0 Å². The van der Waals surface area contributed by atoms with Gasteiger partial charge in [0.25, 0.3) is 5.91 Å². The van der Waals surface area contributed by atoms with E-state index in [0.717, 1.165) is 30.2 Å². The average Bonchev–Trinajstić information content (AvgIpc) is 2.71. The number of ether oxygens (including phenoxy) is 1. The Morgan fingerprint density at radius 1 is 1.04 bits per heavy atom. The summed E-state index contributed by atoms with van der Waals surface area (Å²) in [5.74, 6) is 1.56. The number of benzene rings is 2. The van der Waals surface area contributed by atoms with Crippen LogP contribution in [0.5, 0.6) is 5.75 Å². The lowest BCUT2D eigenvalue weighted by Crippen LogP contribution is -2.41. The highest BCUT2D eigenvalue weighted by Gasteiger charge is 2.05. The first-order chi connectivity index (χ1) is 13.6. The first-order valence-corrected chi connectivity index (χ1v) is 9.63. The molecule has 0 radical (unpaired) electrons. The monoisotopic (exact) mass is 382 g/mol. The maximum Gasteiger partial charge on any atom is 0.251 e. The Morgan fingerprint density at radius 2 is 1.79 bits per heavy atom. The van der Waals surface area contributed by atoms with E-state index in [0.29, 0.717) is 25.2 Å². The Morgan fingerprint density at radius 3 is 2.50 bits per heavy atom. The van der Waals surface area contributed by atoms with Gasteiger partial charge in [-0.3, -0.25) is 9.79 Å². The molecule has 0 aliphatic carbocycles. The van der Waals surface area contributed by atoms with E-state index in [1.54, 1.807) is 19.2 Å². The summed E-state index contributed by atoms with van der Waals surface area (Å²) in [6, 6.07) is 15.4. The van der Waals surface area contributed by atoms with Crippen molar-refractivity contribution < 1.29 is 9.53 Å². The smallest absolute Gasteiger partial charge is 0.251 e. The van der Waals surface area contributed by atoms with Gasteiger partial charge in [-0.05, 0) is 44.0 Å². The Balaban J connectivity index is 1.80. The minimum absolute atomic E-state index is 0.0733. The molecule has 1 amide bonds. The average molecular weight is 383 g/mol. The fourth-order valence-electron chi connectivity index (χ4n) is 2.78. The molecular weight excluding hydrogens is 352 g/mol. The molecule has 0 fully saturated rings. The highest BCUT2D eigenvalue weighted by molar-refractivity contribution is 5.94. The molecule has 2 rings (SSSR count). The molecule has 0 spiro atoms. The van der Waals surface area contributed by atoms with Crippen LogP contribution >= 0.6 is 0 Å². The number of nitrogens with zero attached hydrogens (tertiary/aromatic N) is 1. The zero-order chi connectivity index (χ0) is 20.2. The molecule has 6 heteroatoms. The largest absolute Gasteiger partial charge is 0.496 e. The molecule has 2 aromatic carbocycles. The molecule has 0 aliphatic heterocycles. The Bertz CT molecular complexity index is 775. The summed E-state index contributed by atoms with van der Waals surface area (Å²) < 4.78 is 5.42. The zero-order valence-corrected chi connectivity index (χ0v) is 16.9. The number of rotatable bonds is 9. The van der Waals surface area contributed by atoms with Crippen LogP contribution in [0.15, 0.2) is 53.5 Å².